The zero-order valence-corrected chi connectivity index (χ0v) is 18.4. The fourth-order valence-corrected chi connectivity index (χ4v) is 3.97. The third-order valence-corrected chi connectivity index (χ3v) is 5.90. The molecule has 8 nitrogen and oxygen atoms in total. The standard InChI is InChI=1S/C23H21ClFN3O5/c1-32-19-10-16-14(9-15(19)23(26)31)17(4-6-27-16)33-18-3-2-12(21(24)22(18)25)8-20(30)28-7-5-13(29)11-28/h2-4,6,9-10,13,29H,5,7-8,11H2,1H3,(H2,26,31). The number of nitrogens with two attached hydrogens (primary N) is 1. The van der Waals surface area contributed by atoms with Gasteiger partial charge in [-0.1, -0.05) is 17.7 Å². The van der Waals surface area contributed by atoms with Crippen molar-refractivity contribution >= 4 is 34.3 Å². The molecule has 33 heavy (non-hydrogen) atoms. The molecule has 0 aliphatic carbocycles. The van der Waals surface area contributed by atoms with Gasteiger partial charge in [0.1, 0.15) is 11.5 Å². The number of aliphatic hydroxyl groups excluding tert-OH is 1. The number of likely N-dealkylation sites (tertiary alicyclic amines) is 1. The molecule has 0 spiro atoms. The minimum Gasteiger partial charge on any atom is -0.496 e. The highest BCUT2D eigenvalue weighted by atomic mass is 35.5. The molecule has 3 N–H and O–H groups in total. The fraction of sp³-hybridized carbons (Fsp3) is 0.261. The second-order valence-electron chi connectivity index (χ2n) is 7.65. The molecule has 3 aromatic rings. The van der Waals surface area contributed by atoms with E-state index in [4.69, 9.17) is 26.8 Å². The lowest BCUT2D eigenvalue weighted by Crippen LogP contribution is -2.30. The molecule has 1 atom stereocenters. The van der Waals surface area contributed by atoms with E-state index in [-0.39, 0.29) is 46.7 Å². The maximum Gasteiger partial charge on any atom is 0.252 e. The Hall–Kier alpha value is -3.43. The second kappa shape index (κ2) is 9.21. The summed E-state index contributed by atoms with van der Waals surface area (Å²) in [6.45, 7) is 0.710. The van der Waals surface area contributed by atoms with Crippen LogP contribution in [0.5, 0.6) is 17.2 Å². The summed E-state index contributed by atoms with van der Waals surface area (Å²) >= 11 is 6.20. The van der Waals surface area contributed by atoms with E-state index in [9.17, 15) is 14.7 Å². The van der Waals surface area contributed by atoms with Gasteiger partial charge in [0.05, 0.1) is 35.7 Å². The molecule has 0 bridgehead atoms. The lowest BCUT2D eigenvalue weighted by molar-refractivity contribution is -0.129. The topological polar surface area (TPSA) is 115 Å². The quantitative estimate of drug-likeness (QED) is 0.568. The average molecular weight is 474 g/mol. The van der Waals surface area contributed by atoms with Gasteiger partial charge in [-0.25, -0.2) is 4.39 Å². The number of hydrogen-bond donors (Lipinski definition) is 2. The monoisotopic (exact) mass is 473 g/mol. The van der Waals surface area contributed by atoms with Crippen LogP contribution in [-0.4, -0.2) is 53.1 Å². The molecule has 1 aliphatic rings. The highest BCUT2D eigenvalue weighted by Crippen LogP contribution is 2.36. The van der Waals surface area contributed by atoms with Crippen molar-refractivity contribution in [1.29, 1.82) is 0 Å². The minimum atomic E-state index is -0.822. The largest absolute Gasteiger partial charge is 0.496 e. The van der Waals surface area contributed by atoms with Gasteiger partial charge in [0.2, 0.25) is 5.91 Å². The first-order valence-electron chi connectivity index (χ1n) is 10.2. The number of fused-ring (bicyclic) bond motifs is 1. The zero-order valence-electron chi connectivity index (χ0n) is 17.7. The molecular formula is C23H21ClFN3O5. The number of nitrogens with zero attached hydrogens (tertiary/aromatic N) is 2. The van der Waals surface area contributed by atoms with E-state index in [0.29, 0.717) is 29.4 Å². The Balaban J connectivity index is 1.63. The molecule has 4 rings (SSSR count). The molecule has 1 saturated heterocycles. The normalized spacial score (nSPS) is 15.6. The van der Waals surface area contributed by atoms with Crippen LogP contribution in [0.4, 0.5) is 4.39 Å². The Morgan fingerprint density at radius 1 is 1.27 bits per heavy atom. The fourth-order valence-electron chi connectivity index (χ4n) is 3.75. The first-order chi connectivity index (χ1) is 15.8. The number of methoxy groups -OCH3 is 1. The molecule has 10 heteroatoms. The van der Waals surface area contributed by atoms with Crippen LogP contribution in [-0.2, 0) is 11.2 Å². The Kier molecular flexibility index (Phi) is 6.35. The molecule has 1 aliphatic heterocycles. The first kappa shape index (κ1) is 22.8. The van der Waals surface area contributed by atoms with Crippen molar-refractivity contribution in [3.63, 3.8) is 0 Å². The van der Waals surface area contributed by atoms with E-state index < -0.39 is 17.8 Å². The van der Waals surface area contributed by atoms with Crippen LogP contribution in [0.2, 0.25) is 5.02 Å². The van der Waals surface area contributed by atoms with Crippen LogP contribution >= 0.6 is 11.6 Å². The molecule has 172 valence electrons. The third kappa shape index (κ3) is 4.55. The summed E-state index contributed by atoms with van der Waals surface area (Å²) in [6, 6.07) is 7.42. The number of aliphatic hydroxyl groups is 1. The smallest absolute Gasteiger partial charge is 0.252 e. The number of ether oxygens (including phenoxy) is 2. The number of amides is 2. The van der Waals surface area contributed by atoms with Crippen molar-refractivity contribution in [3.8, 4) is 17.2 Å². The first-order valence-corrected chi connectivity index (χ1v) is 10.5. The average Bonchev–Trinajstić information content (AvgIpc) is 3.24. The van der Waals surface area contributed by atoms with Crippen molar-refractivity contribution in [3.05, 3.63) is 58.5 Å². The predicted octanol–water partition coefficient (Wildman–Crippen LogP) is 3.06. The van der Waals surface area contributed by atoms with Gasteiger partial charge in [-0.15, -0.1) is 0 Å². The Morgan fingerprint density at radius 2 is 2.06 bits per heavy atom. The number of β-amino-alcohol motifs (C(OH)–C–C–N with tert-alkyl or cyclic N) is 1. The molecule has 2 amide bonds. The van der Waals surface area contributed by atoms with Gasteiger partial charge in [-0.2, -0.15) is 0 Å². The Morgan fingerprint density at radius 3 is 2.73 bits per heavy atom. The summed E-state index contributed by atoms with van der Waals surface area (Å²) in [7, 11) is 1.41. The van der Waals surface area contributed by atoms with Gasteiger partial charge in [-0.05, 0) is 30.2 Å². The van der Waals surface area contributed by atoms with Gasteiger partial charge in [-0.3, -0.25) is 14.6 Å². The second-order valence-corrected chi connectivity index (χ2v) is 8.03. The molecular weight excluding hydrogens is 453 g/mol. The SMILES string of the molecule is COc1cc2nccc(Oc3ccc(CC(=O)N4CCC(O)C4)c(Cl)c3F)c2cc1C(N)=O. The van der Waals surface area contributed by atoms with Crippen molar-refractivity contribution in [2.24, 2.45) is 5.73 Å². The molecule has 1 fully saturated rings. The summed E-state index contributed by atoms with van der Waals surface area (Å²) in [5.74, 6) is -1.43. The van der Waals surface area contributed by atoms with E-state index >= 15 is 4.39 Å². The van der Waals surface area contributed by atoms with Gasteiger partial charge in [0, 0.05) is 30.7 Å². The number of pyridine rings is 1. The van der Waals surface area contributed by atoms with E-state index in [0.717, 1.165) is 0 Å². The van der Waals surface area contributed by atoms with Crippen LogP contribution in [0.3, 0.4) is 0 Å². The van der Waals surface area contributed by atoms with Gasteiger partial charge in [0.15, 0.2) is 11.6 Å². The summed E-state index contributed by atoms with van der Waals surface area (Å²) in [5.41, 5.74) is 6.33. The maximum atomic E-state index is 15.0. The number of rotatable bonds is 6. The van der Waals surface area contributed by atoms with Crippen molar-refractivity contribution < 1.29 is 28.6 Å². The van der Waals surface area contributed by atoms with E-state index in [1.807, 2.05) is 0 Å². The number of primary amides is 1. The maximum absolute atomic E-state index is 15.0. The molecule has 0 saturated carbocycles. The molecule has 0 radical (unpaired) electrons. The van der Waals surface area contributed by atoms with Crippen LogP contribution in [0.1, 0.15) is 22.3 Å². The Labute approximate surface area is 193 Å². The van der Waals surface area contributed by atoms with Crippen molar-refractivity contribution in [1.82, 2.24) is 9.88 Å². The van der Waals surface area contributed by atoms with Gasteiger partial charge in [0.25, 0.3) is 5.91 Å². The lowest BCUT2D eigenvalue weighted by Gasteiger charge is -2.17. The van der Waals surface area contributed by atoms with Crippen LogP contribution in [0.15, 0.2) is 36.5 Å². The van der Waals surface area contributed by atoms with Crippen molar-refractivity contribution in [2.45, 2.75) is 18.9 Å². The molecule has 2 heterocycles. The van der Waals surface area contributed by atoms with Crippen LogP contribution in [0, 0.1) is 5.82 Å². The number of hydrogen-bond acceptors (Lipinski definition) is 6. The zero-order chi connectivity index (χ0) is 23.7. The van der Waals surface area contributed by atoms with E-state index in [1.54, 1.807) is 0 Å². The summed E-state index contributed by atoms with van der Waals surface area (Å²) in [4.78, 5) is 30.0. The summed E-state index contributed by atoms with van der Waals surface area (Å²) in [5, 5.41) is 9.81. The predicted molar refractivity (Wildman–Crippen MR) is 119 cm³/mol. The van der Waals surface area contributed by atoms with Crippen LogP contribution in [0.25, 0.3) is 10.9 Å². The number of benzene rings is 2. The van der Waals surface area contributed by atoms with Gasteiger partial charge >= 0.3 is 0 Å². The number of carbonyl (C=O) groups excluding carboxylic acids is 2. The van der Waals surface area contributed by atoms with Gasteiger partial charge < -0.3 is 25.2 Å². The van der Waals surface area contributed by atoms with E-state index in [2.05, 4.69) is 4.98 Å². The van der Waals surface area contributed by atoms with E-state index in [1.165, 1.54) is 48.5 Å². The molecule has 2 aromatic carbocycles. The number of carbonyl (C=O) groups is 2. The highest BCUT2D eigenvalue weighted by molar-refractivity contribution is 6.31. The third-order valence-electron chi connectivity index (χ3n) is 5.49. The number of halogens is 2. The summed E-state index contributed by atoms with van der Waals surface area (Å²) < 4.78 is 26.0. The van der Waals surface area contributed by atoms with Crippen LogP contribution < -0.4 is 15.2 Å². The Bertz CT molecular complexity index is 1250. The molecule has 1 aromatic heterocycles. The minimum absolute atomic E-state index is 0.0945. The highest BCUT2D eigenvalue weighted by Gasteiger charge is 2.26. The lowest BCUT2D eigenvalue weighted by atomic mass is 10.1. The summed E-state index contributed by atoms with van der Waals surface area (Å²) in [6.07, 6.45) is 1.35. The molecule has 1 unspecified atom stereocenters. The van der Waals surface area contributed by atoms with Crippen molar-refractivity contribution in [2.75, 3.05) is 20.2 Å². The number of aromatic nitrogens is 1.